The normalized spacial score (nSPS) is 14.3. The fourth-order valence-corrected chi connectivity index (χ4v) is 9.23. The predicted octanol–water partition coefficient (Wildman–Crippen LogP) is 16.9. The molecule has 9 heteroatoms. The molecular weight excluding hydrogens is 864 g/mol. The van der Waals surface area contributed by atoms with Gasteiger partial charge in [0.05, 0.1) is 39.9 Å². The van der Waals surface area contributed by atoms with Crippen molar-refractivity contribution in [1.82, 2.24) is 5.32 Å². The van der Waals surface area contributed by atoms with Gasteiger partial charge in [0.2, 0.25) is 5.91 Å². The number of carbonyl (C=O) groups is 1. The van der Waals surface area contributed by atoms with E-state index < -0.39 is 26.6 Å². The lowest BCUT2D eigenvalue weighted by atomic mass is 10.0. The Hall–Kier alpha value is -1.54. The number of phosphoric ester groups is 1. The molecule has 0 saturated carbocycles. The number of hydrogen-bond donors (Lipinski definition) is 2. The van der Waals surface area contributed by atoms with Gasteiger partial charge in [-0.15, -0.1) is 0 Å². The monoisotopic (exact) mass is 977 g/mol. The van der Waals surface area contributed by atoms with Crippen LogP contribution >= 0.6 is 7.82 Å². The van der Waals surface area contributed by atoms with E-state index >= 15 is 0 Å². The maximum Gasteiger partial charge on any atom is 0.268 e. The zero-order chi connectivity index (χ0) is 49.9. The maximum atomic E-state index is 13.0. The van der Waals surface area contributed by atoms with Crippen molar-refractivity contribution in [1.29, 1.82) is 0 Å². The standard InChI is InChI=1S/C59H113N2O6P/c1-6-8-10-12-14-16-18-20-22-24-26-28-29-30-31-33-34-36-38-40-42-44-46-48-50-52-58(62)57(56-67-68(64,65)66-55-54-61(3,4)5)60-59(63)53-51-49-47-45-43-41-39-37-35-32-27-25-23-21-19-17-15-13-11-9-7-2/h9,11,15,17,42,44,50,52,57-58,62H,6-8,10,12-14,16,18-41,43,45-49,51,53-56H2,1-5H3,(H-,60,63,64,65)/b11-9-,17-15-,44-42+,52-50+. The first-order valence-corrected chi connectivity index (χ1v) is 30.5. The maximum absolute atomic E-state index is 13.0. The van der Waals surface area contributed by atoms with Gasteiger partial charge in [-0.05, 0) is 57.8 Å². The van der Waals surface area contributed by atoms with Gasteiger partial charge in [0, 0.05) is 6.42 Å². The van der Waals surface area contributed by atoms with Crippen LogP contribution in [0.25, 0.3) is 0 Å². The Morgan fingerprint density at radius 3 is 1.35 bits per heavy atom. The van der Waals surface area contributed by atoms with Crippen molar-refractivity contribution < 1.29 is 32.9 Å². The number of phosphoric acid groups is 1. The molecule has 0 rings (SSSR count). The topological polar surface area (TPSA) is 108 Å². The van der Waals surface area contributed by atoms with E-state index in [1.807, 2.05) is 27.2 Å². The first-order chi connectivity index (χ1) is 33.0. The highest BCUT2D eigenvalue weighted by Gasteiger charge is 2.23. The summed E-state index contributed by atoms with van der Waals surface area (Å²) in [6, 6.07) is -0.904. The Labute approximate surface area is 422 Å². The molecule has 0 aromatic carbocycles. The number of amides is 1. The Morgan fingerprint density at radius 1 is 0.529 bits per heavy atom. The Balaban J connectivity index is 4.24. The summed E-state index contributed by atoms with van der Waals surface area (Å²) in [5.74, 6) is -0.206. The fraction of sp³-hybridized carbons (Fsp3) is 0.847. The summed E-state index contributed by atoms with van der Waals surface area (Å²) in [7, 11) is 1.25. The van der Waals surface area contributed by atoms with Crippen LogP contribution in [0.2, 0.25) is 0 Å². The Bertz CT molecular complexity index is 1250. The fourth-order valence-electron chi connectivity index (χ4n) is 8.50. The molecule has 68 heavy (non-hydrogen) atoms. The van der Waals surface area contributed by atoms with E-state index in [0.717, 1.165) is 51.4 Å². The molecular formula is C59H113N2O6P. The molecule has 3 unspecified atom stereocenters. The van der Waals surface area contributed by atoms with Crippen LogP contribution in [0.3, 0.4) is 0 Å². The third kappa shape index (κ3) is 52.3. The number of aliphatic hydroxyl groups excluding tert-OH is 1. The second-order valence-corrected chi connectivity index (χ2v) is 22.4. The third-order valence-electron chi connectivity index (χ3n) is 13.0. The van der Waals surface area contributed by atoms with Crippen molar-refractivity contribution >= 4 is 13.7 Å². The van der Waals surface area contributed by atoms with Crippen LogP contribution in [-0.2, 0) is 18.4 Å². The first kappa shape index (κ1) is 66.5. The molecule has 1 amide bonds. The number of allylic oxidation sites excluding steroid dienone is 7. The van der Waals surface area contributed by atoms with Crippen LogP contribution in [0, 0.1) is 0 Å². The van der Waals surface area contributed by atoms with E-state index in [1.165, 1.54) is 199 Å². The molecule has 0 aliphatic carbocycles. The molecule has 0 aromatic heterocycles. The van der Waals surface area contributed by atoms with E-state index in [2.05, 4.69) is 55.6 Å². The van der Waals surface area contributed by atoms with Gasteiger partial charge in [-0.3, -0.25) is 9.36 Å². The number of rotatable bonds is 53. The minimum absolute atomic E-state index is 0.00643. The van der Waals surface area contributed by atoms with Crippen LogP contribution < -0.4 is 10.2 Å². The van der Waals surface area contributed by atoms with Gasteiger partial charge >= 0.3 is 0 Å². The Kier molecular flexibility index (Phi) is 49.3. The predicted molar refractivity (Wildman–Crippen MR) is 293 cm³/mol. The van der Waals surface area contributed by atoms with Crippen LogP contribution in [0.1, 0.15) is 271 Å². The molecule has 8 nitrogen and oxygen atoms in total. The van der Waals surface area contributed by atoms with Crippen molar-refractivity contribution in [2.75, 3.05) is 40.9 Å². The molecule has 0 aliphatic heterocycles. The number of quaternary nitrogens is 1. The lowest BCUT2D eigenvalue weighted by molar-refractivity contribution is -0.870. The lowest BCUT2D eigenvalue weighted by Crippen LogP contribution is -2.45. The van der Waals surface area contributed by atoms with Crippen molar-refractivity contribution in [3.8, 4) is 0 Å². The first-order valence-electron chi connectivity index (χ1n) is 29.0. The van der Waals surface area contributed by atoms with Crippen molar-refractivity contribution in [2.45, 2.75) is 283 Å². The summed E-state index contributed by atoms with van der Waals surface area (Å²) in [5, 5.41) is 13.9. The third-order valence-corrected chi connectivity index (χ3v) is 14.0. The average molecular weight is 978 g/mol. The molecule has 0 aliphatic rings. The van der Waals surface area contributed by atoms with Gasteiger partial charge in [-0.25, -0.2) is 0 Å². The van der Waals surface area contributed by atoms with Crippen LogP contribution in [-0.4, -0.2) is 68.5 Å². The molecule has 0 aromatic rings. The van der Waals surface area contributed by atoms with E-state index in [9.17, 15) is 19.4 Å². The molecule has 0 fully saturated rings. The molecule has 0 radical (unpaired) electrons. The van der Waals surface area contributed by atoms with Gasteiger partial charge in [-0.1, -0.05) is 255 Å². The highest BCUT2D eigenvalue weighted by atomic mass is 31.2. The number of carbonyl (C=O) groups excluding carboxylic acids is 1. The Morgan fingerprint density at radius 2 is 0.912 bits per heavy atom. The van der Waals surface area contributed by atoms with Crippen molar-refractivity contribution in [3.05, 3.63) is 48.6 Å². The number of hydrogen-bond acceptors (Lipinski definition) is 6. The number of likely N-dealkylation sites (N-methyl/N-ethyl adjacent to an activating group) is 1. The van der Waals surface area contributed by atoms with Gasteiger partial charge in [-0.2, -0.15) is 0 Å². The molecule has 2 N–H and O–H groups in total. The summed E-state index contributed by atoms with van der Waals surface area (Å²) in [6.07, 6.45) is 66.2. The number of unbranched alkanes of at least 4 members (excludes halogenated alkanes) is 34. The van der Waals surface area contributed by atoms with E-state index in [4.69, 9.17) is 9.05 Å². The smallest absolute Gasteiger partial charge is 0.268 e. The lowest BCUT2D eigenvalue weighted by Gasteiger charge is -2.29. The molecule has 0 saturated heterocycles. The summed E-state index contributed by atoms with van der Waals surface area (Å²) >= 11 is 0. The van der Waals surface area contributed by atoms with Crippen molar-refractivity contribution in [3.63, 3.8) is 0 Å². The van der Waals surface area contributed by atoms with E-state index in [-0.39, 0.29) is 12.5 Å². The minimum atomic E-state index is -4.61. The summed E-state index contributed by atoms with van der Waals surface area (Å²) in [6.45, 7) is 4.56. The average Bonchev–Trinajstić information content (AvgIpc) is 3.30. The minimum Gasteiger partial charge on any atom is -0.756 e. The largest absolute Gasteiger partial charge is 0.756 e. The van der Waals surface area contributed by atoms with Gasteiger partial charge in [0.1, 0.15) is 13.2 Å². The molecule has 0 heterocycles. The zero-order valence-corrected chi connectivity index (χ0v) is 46.5. The van der Waals surface area contributed by atoms with Crippen LogP contribution in [0.5, 0.6) is 0 Å². The number of nitrogens with zero attached hydrogens (tertiary/aromatic N) is 1. The van der Waals surface area contributed by atoms with E-state index in [1.54, 1.807) is 6.08 Å². The van der Waals surface area contributed by atoms with Gasteiger partial charge in [0.25, 0.3) is 7.82 Å². The van der Waals surface area contributed by atoms with E-state index in [0.29, 0.717) is 17.4 Å². The molecule has 3 atom stereocenters. The summed E-state index contributed by atoms with van der Waals surface area (Å²) < 4.78 is 23.3. The summed E-state index contributed by atoms with van der Waals surface area (Å²) in [4.78, 5) is 25.5. The second kappa shape index (κ2) is 50.4. The molecule has 400 valence electrons. The number of nitrogens with one attached hydrogen (secondary N) is 1. The highest BCUT2D eigenvalue weighted by molar-refractivity contribution is 7.45. The van der Waals surface area contributed by atoms with Crippen LogP contribution in [0.15, 0.2) is 48.6 Å². The molecule has 0 bridgehead atoms. The summed E-state index contributed by atoms with van der Waals surface area (Å²) in [5.41, 5.74) is 0. The highest BCUT2D eigenvalue weighted by Crippen LogP contribution is 2.38. The SMILES string of the molecule is CC/C=C\C/C=C\CCCCCCCCCCCCCCCCC(=O)NC(COP(=O)([O-])OCC[N+](C)(C)C)C(O)/C=C/CC/C=C/CCCCCCCCCCCCCCCCCCCCC. The van der Waals surface area contributed by atoms with Crippen molar-refractivity contribution in [2.24, 2.45) is 0 Å². The van der Waals surface area contributed by atoms with Crippen LogP contribution in [0.4, 0.5) is 0 Å². The number of aliphatic hydroxyl groups is 1. The zero-order valence-electron chi connectivity index (χ0n) is 45.6. The molecule has 0 spiro atoms. The van der Waals surface area contributed by atoms with Gasteiger partial charge in [0.15, 0.2) is 0 Å². The quantitative estimate of drug-likeness (QED) is 0.0272. The van der Waals surface area contributed by atoms with Gasteiger partial charge < -0.3 is 28.8 Å². The second-order valence-electron chi connectivity index (χ2n) is 21.0.